The van der Waals surface area contributed by atoms with Gasteiger partial charge >= 0.3 is 5.97 Å². The van der Waals surface area contributed by atoms with Gasteiger partial charge in [0.1, 0.15) is 5.82 Å². The first-order valence-electron chi connectivity index (χ1n) is 6.72. The van der Waals surface area contributed by atoms with Crippen molar-refractivity contribution in [2.75, 3.05) is 18.1 Å². The normalized spacial score (nSPS) is 22.3. The topological polar surface area (TPSA) is 74.7 Å². The van der Waals surface area contributed by atoms with Crippen molar-refractivity contribution in [2.45, 2.75) is 25.4 Å². The Hall–Kier alpha value is -1.47. The van der Waals surface area contributed by atoms with Gasteiger partial charge in [0.25, 0.3) is 0 Å². The zero-order valence-electron chi connectivity index (χ0n) is 11.7. The number of hydrogen-bond acceptors (Lipinski definition) is 4. The van der Waals surface area contributed by atoms with Gasteiger partial charge < -0.3 is 5.11 Å². The highest BCUT2D eigenvalue weighted by atomic mass is 32.2. The van der Waals surface area contributed by atoms with Crippen LogP contribution in [0.5, 0.6) is 0 Å². The molecule has 7 heteroatoms. The summed E-state index contributed by atoms with van der Waals surface area (Å²) >= 11 is 0. The van der Waals surface area contributed by atoms with E-state index in [1.54, 1.807) is 24.0 Å². The van der Waals surface area contributed by atoms with Crippen LogP contribution in [0, 0.1) is 5.82 Å². The van der Waals surface area contributed by atoms with Crippen LogP contribution in [-0.4, -0.2) is 48.5 Å². The molecule has 0 spiro atoms. The summed E-state index contributed by atoms with van der Waals surface area (Å²) < 4.78 is 36.2. The third kappa shape index (κ3) is 4.01. The van der Waals surface area contributed by atoms with Crippen molar-refractivity contribution in [1.82, 2.24) is 4.90 Å². The van der Waals surface area contributed by atoms with Crippen LogP contribution in [0.3, 0.4) is 0 Å². The maximum absolute atomic E-state index is 13.0. The molecule has 1 N–H and O–H groups in total. The van der Waals surface area contributed by atoms with E-state index in [9.17, 15) is 17.6 Å². The van der Waals surface area contributed by atoms with Gasteiger partial charge in [-0.15, -0.1) is 0 Å². The van der Waals surface area contributed by atoms with E-state index in [4.69, 9.17) is 5.11 Å². The molecule has 1 aliphatic heterocycles. The fourth-order valence-electron chi connectivity index (χ4n) is 2.71. The fraction of sp³-hybridized carbons (Fsp3) is 0.500. The molecule has 0 radical (unpaired) electrons. The molecular weight excluding hydrogens is 297 g/mol. The Morgan fingerprint density at radius 3 is 2.52 bits per heavy atom. The first-order valence-corrected chi connectivity index (χ1v) is 8.54. The number of halogens is 1. The third-order valence-corrected chi connectivity index (χ3v) is 5.60. The number of carbonyl (C=O) groups is 1. The van der Waals surface area contributed by atoms with Gasteiger partial charge in [-0.25, -0.2) is 12.8 Å². The zero-order chi connectivity index (χ0) is 15.6. The van der Waals surface area contributed by atoms with Crippen LogP contribution >= 0.6 is 0 Å². The van der Waals surface area contributed by atoms with Gasteiger partial charge in [-0.1, -0.05) is 12.1 Å². The molecule has 1 heterocycles. The number of sulfone groups is 1. The predicted molar refractivity (Wildman–Crippen MR) is 76.2 cm³/mol. The Labute approximate surface area is 123 Å². The van der Waals surface area contributed by atoms with E-state index in [1.807, 2.05) is 0 Å². The highest BCUT2D eigenvalue weighted by Crippen LogP contribution is 2.27. The van der Waals surface area contributed by atoms with Gasteiger partial charge in [0.05, 0.1) is 18.1 Å². The molecule has 0 aliphatic carbocycles. The molecule has 0 aromatic heterocycles. The van der Waals surface area contributed by atoms with E-state index in [0.29, 0.717) is 6.42 Å². The lowest BCUT2D eigenvalue weighted by Crippen LogP contribution is -2.41. The highest BCUT2D eigenvalue weighted by molar-refractivity contribution is 7.91. The van der Waals surface area contributed by atoms with E-state index in [1.165, 1.54) is 12.1 Å². The van der Waals surface area contributed by atoms with Gasteiger partial charge in [0.15, 0.2) is 9.84 Å². The molecule has 1 saturated heterocycles. The molecule has 116 valence electrons. The van der Waals surface area contributed by atoms with Crippen molar-refractivity contribution in [2.24, 2.45) is 0 Å². The number of rotatable bonds is 5. The largest absolute Gasteiger partial charge is 0.480 e. The second-order valence-electron chi connectivity index (χ2n) is 5.35. The molecule has 2 unspecified atom stereocenters. The van der Waals surface area contributed by atoms with Crippen molar-refractivity contribution in [1.29, 1.82) is 0 Å². The van der Waals surface area contributed by atoms with Gasteiger partial charge in [-0.2, -0.15) is 0 Å². The first-order chi connectivity index (χ1) is 9.78. The standard InChI is InChI=1S/C14H18FNO4S/c1-10(11-2-4-12(15)5-3-11)16(8-14(17)18)13-6-7-21(19,20)9-13/h2-5,10,13H,6-9H2,1H3,(H,17,18). The minimum Gasteiger partial charge on any atom is -0.480 e. The van der Waals surface area contributed by atoms with Crippen LogP contribution in [0.1, 0.15) is 24.9 Å². The molecule has 2 atom stereocenters. The van der Waals surface area contributed by atoms with Crippen molar-refractivity contribution in [3.63, 3.8) is 0 Å². The second kappa shape index (κ2) is 6.11. The van der Waals surface area contributed by atoms with Crippen molar-refractivity contribution >= 4 is 15.8 Å². The summed E-state index contributed by atoms with van der Waals surface area (Å²) in [5.41, 5.74) is 0.766. The number of benzene rings is 1. The van der Waals surface area contributed by atoms with Crippen LogP contribution < -0.4 is 0 Å². The maximum atomic E-state index is 13.0. The molecule has 1 aliphatic rings. The Morgan fingerprint density at radius 1 is 1.43 bits per heavy atom. The van der Waals surface area contributed by atoms with Gasteiger partial charge in [0.2, 0.25) is 0 Å². The first kappa shape index (κ1) is 15.9. The molecule has 21 heavy (non-hydrogen) atoms. The smallest absolute Gasteiger partial charge is 0.317 e. The molecule has 0 saturated carbocycles. The summed E-state index contributed by atoms with van der Waals surface area (Å²) in [6.07, 6.45) is 0.432. The van der Waals surface area contributed by atoms with Gasteiger partial charge in [-0.3, -0.25) is 9.69 Å². The second-order valence-corrected chi connectivity index (χ2v) is 7.58. The van der Waals surface area contributed by atoms with E-state index in [2.05, 4.69) is 0 Å². The summed E-state index contributed by atoms with van der Waals surface area (Å²) in [5.74, 6) is -1.30. The molecule has 1 aromatic carbocycles. The van der Waals surface area contributed by atoms with Gasteiger partial charge in [-0.05, 0) is 31.0 Å². The summed E-state index contributed by atoms with van der Waals surface area (Å²) in [5, 5.41) is 9.06. The minimum atomic E-state index is -3.09. The lowest BCUT2D eigenvalue weighted by molar-refractivity contribution is -0.139. The van der Waals surface area contributed by atoms with Crippen molar-refractivity contribution in [3.8, 4) is 0 Å². The van der Waals surface area contributed by atoms with Crippen LogP contribution in [0.2, 0.25) is 0 Å². The number of carboxylic acid groups (broad SMARTS) is 1. The number of nitrogens with zero attached hydrogens (tertiary/aromatic N) is 1. The Balaban J connectivity index is 2.23. The van der Waals surface area contributed by atoms with Crippen molar-refractivity contribution in [3.05, 3.63) is 35.6 Å². The molecule has 5 nitrogen and oxygen atoms in total. The van der Waals surface area contributed by atoms with Crippen LogP contribution in [0.15, 0.2) is 24.3 Å². The van der Waals surface area contributed by atoms with E-state index in [0.717, 1.165) is 5.56 Å². The Bertz CT molecular complexity index is 614. The monoisotopic (exact) mass is 315 g/mol. The molecule has 2 rings (SSSR count). The average Bonchev–Trinajstić information content (AvgIpc) is 2.76. The van der Waals surface area contributed by atoms with Gasteiger partial charge in [0, 0.05) is 12.1 Å². The van der Waals surface area contributed by atoms with E-state index >= 15 is 0 Å². The number of carboxylic acids is 1. The number of aliphatic carboxylic acids is 1. The van der Waals surface area contributed by atoms with Crippen LogP contribution in [-0.2, 0) is 14.6 Å². The molecule has 0 amide bonds. The minimum absolute atomic E-state index is 0.0220. The quantitative estimate of drug-likeness (QED) is 0.890. The molecule has 0 bridgehead atoms. The SMILES string of the molecule is CC(c1ccc(F)cc1)N(CC(=O)O)C1CCS(=O)(=O)C1. The molecular formula is C14H18FNO4S. The summed E-state index contributed by atoms with van der Waals surface area (Å²) in [4.78, 5) is 12.7. The van der Waals surface area contributed by atoms with E-state index in [-0.39, 0.29) is 36.0 Å². The van der Waals surface area contributed by atoms with Crippen molar-refractivity contribution < 1.29 is 22.7 Å². The number of hydrogen-bond donors (Lipinski definition) is 1. The Morgan fingerprint density at radius 2 is 2.05 bits per heavy atom. The maximum Gasteiger partial charge on any atom is 0.317 e. The van der Waals surface area contributed by atoms with E-state index < -0.39 is 15.8 Å². The third-order valence-electron chi connectivity index (χ3n) is 3.85. The fourth-order valence-corrected chi connectivity index (χ4v) is 4.45. The summed E-state index contributed by atoms with van der Waals surface area (Å²) in [6, 6.07) is 5.22. The van der Waals surface area contributed by atoms with Crippen LogP contribution in [0.4, 0.5) is 4.39 Å². The Kier molecular flexibility index (Phi) is 4.63. The lowest BCUT2D eigenvalue weighted by Gasteiger charge is -2.32. The lowest BCUT2D eigenvalue weighted by atomic mass is 10.0. The van der Waals surface area contributed by atoms with Crippen LogP contribution in [0.25, 0.3) is 0 Å². The summed E-state index contributed by atoms with van der Waals surface area (Å²) in [7, 11) is -3.09. The highest BCUT2D eigenvalue weighted by Gasteiger charge is 2.35. The molecule has 1 fully saturated rings. The molecule has 1 aromatic rings. The average molecular weight is 315 g/mol. The predicted octanol–water partition coefficient (Wildman–Crippen LogP) is 1.46. The summed E-state index contributed by atoms with van der Waals surface area (Å²) in [6.45, 7) is 1.57. The zero-order valence-corrected chi connectivity index (χ0v) is 12.5.